The second-order valence-electron chi connectivity index (χ2n) is 20.7. The lowest BCUT2D eigenvalue weighted by atomic mass is 9.80. The van der Waals surface area contributed by atoms with E-state index in [1.54, 1.807) is 0 Å². The Labute approximate surface area is 386 Å². The summed E-state index contributed by atoms with van der Waals surface area (Å²) >= 11 is 0. The van der Waals surface area contributed by atoms with Gasteiger partial charge in [0.05, 0.1) is 22.7 Å². The Kier molecular flexibility index (Phi) is 10.2. The molecule has 0 saturated heterocycles. The maximum absolute atomic E-state index is 4.97. The Morgan fingerprint density at radius 3 is 1.45 bits per heavy atom. The first-order valence-electron chi connectivity index (χ1n) is 23.0. The Hall–Kier alpha value is -7.11. The van der Waals surface area contributed by atoms with Crippen molar-refractivity contribution in [2.45, 2.75) is 78.6 Å². The van der Waals surface area contributed by atoms with Crippen LogP contribution in [0.1, 0.15) is 79.0 Å². The summed E-state index contributed by atoms with van der Waals surface area (Å²) in [5.74, 6) is 0.870. The van der Waals surface area contributed by atoms with Gasteiger partial charge in [-0.2, -0.15) is 0 Å². The van der Waals surface area contributed by atoms with Crippen molar-refractivity contribution in [3.05, 3.63) is 199 Å². The highest BCUT2D eigenvalue weighted by atomic mass is 15.4. The van der Waals surface area contributed by atoms with E-state index in [1.165, 1.54) is 50.4 Å². The molecule has 5 nitrogen and oxygen atoms in total. The average molecular weight is 850 g/mol. The van der Waals surface area contributed by atoms with Crippen LogP contribution >= 0.6 is 0 Å². The number of hydrogen-bond donors (Lipinski definition) is 0. The predicted molar refractivity (Wildman–Crippen MR) is 276 cm³/mol. The number of benzene rings is 7. The first-order chi connectivity index (χ1) is 31.1. The van der Waals surface area contributed by atoms with E-state index in [4.69, 9.17) is 4.98 Å². The zero-order chi connectivity index (χ0) is 45.3. The zero-order valence-corrected chi connectivity index (χ0v) is 39.3. The van der Waals surface area contributed by atoms with Crippen LogP contribution < -0.4 is 19.6 Å². The van der Waals surface area contributed by atoms with Gasteiger partial charge in [-0.15, -0.1) is 0 Å². The second-order valence-corrected chi connectivity index (χ2v) is 20.7. The molecule has 7 aromatic carbocycles. The molecular formula is C60H59N5. The Bertz CT molecular complexity index is 3010. The topological polar surface area (TPSA) is 25.9 Å². The van der Waals surface area contributed by atoms with E-state index in [0.717, 1.165) is 45.5 Å². The molecule has 0 bridgehead atoms. The Morgan fingerprint density at radius 2 is 0.877 bits per heavy atom. The molecular weight excluding hydrogens is 791 g/mol. The van der Waals surface area contributed by atoms with Crippen molar-refractivity contribution in [1.82, 2.24) is 4.98 Å². The molecule has 2 aliphatic heterocycles. The van der Waals surface area contributed by atoms with Gasteiger partial charge in [-0.1, -0.05) is 153 Å². The lowest BCUT2D eigenvalue weighted by Crippen LogP contribution is -2.26. The number of para-hydroxylation sites is 4. The van der Waals surface area contributed by atoms with Crippen LogP contribution in [0.15, 0.2) is 182 Å². The number of anilines is 10. The number of rotatable bonds is 6. The lowest BCUT2D eigenvalue weighted by Gasteiger charge is -2.32. The minimum atomic E-state index is -0.133. The van der Waals surface area contributed by atoms with E-state index in [9.17, 15) is 0 Å². The van der Waals surface area contributed by atoms with E-state index in [2.05, 4.69) is 252 Å². The van der Waals surface area contributed by atoms with E-state index in [0.29, 0.717) is 6.67 Å². The van der Waals surface area contributed by atoms with Gasteiger partial charge in [-0.05, 0) is 129 Å². The summed E-state index contributed by atoms with van der Waals surface area (Å²) in [6, 6.07) is 64.8. The van der Waals surface area contributed by atoms with Gasteiger partial charge >= 0.3 is 0 Å². The van der Waals surface area contributed by atoms with Crippen molar-refractivity contribution < 1.29 is 0 Å². The van der Waals surface area contributed by atoms with Crippen molar-refractivity contribution in [2.75, 3.05) is 26.3 Å². The van der Waals surface area contributed by atoms with Crippen LogP contribution in [-0.4, -0.2) is 11.7 Å². The summed E-state index contributed by atoms with van der Waals surface area (Å²) in [5.41, 5.74) is 18.8. The highest BCUT2D eigenvalue weighted by Crippen LogP contribution is 2.53. The molecule has 0 N–H and O–H groups in total. The lowest BCUT2D eigenvalue weighted by molar-refractivity contribution is 0.568. The number of fused-ring (bicyclic) bond motifs is 6. The molecule has 5 heteroatoms. The number of hydrogen-bond acceptors (Lipinski definition) is 5. The number of aromatic nitrogens is 1. The smallest absolute Gasteiger partial charge is 0.137 e. The predicted octanol–water partition coefficient (Wildman–Crippen LogP) is 16.8. The third kappa shape index (κ3) is 7.73. The van der Waals surface area contributed by atoms with Crippen LogP contribution in [0.4, 0.5) is 57.0 Å². The summed E-state index contributed by atoms with van der Waals surface area (Å²) in [7, 11) is 0. The highest BCUT2D eigenvalue weighted by molar-refractivity contribution is 6.03. The van der Waals surface area contributed by atoms with Gasteiger partial charge in [-0.25, -0.2) is 4.98 Å². The van der Waals surface area contributed by atoms with Crippen LogP contribution in [0.2, 0.25) is 0 Å². The third-order valence-electron chi connectivity index (χ3n) is 13.1. The van der Waals surface area contributed by atoms with E-state index in [1.807, 2.05) is 12.3 Å². The third-order valence-corrected chi connectivity index (χ3v) is 13.1. The van der Waals surface area contributed by atoms with Gasteiger partial charge in [0.25, 0.3) is 0 Å². The van der Waals surface area contributed by atoms with Gasteiger partial charge in [0.2, 0.25) is 0 Å². The summed E-state index contributed by atoms with van der Waals surface area (Å²) in [5, 5.41) is 0. The van der Waals surface area contributed by atoms with Crippen LogP contribution in [0, 0.1) is 0 Å². The minimum Gasteiger partial charge on any atom is -0.321 e. The maximum atomic E-state index is 4.97. The van der Waals surface area contributed by atoms with Gasteiger partial charge < -0.3 is 14.7 Å². The van der Waals surface area contributed by atoms with E-state index >= 15 is 0 Å². The number of pyridine rings is 1. The van der Waals surface area contributed by atoms with Gasteiger partial charge in [0.1, 0.15) is 12.5 Å². The van der Waals surface area contributed by atoms with E-state index in [-0.39, 0.29) is 16.2 Å². The zero-order valence-electron chi connectivity index (χ0n) is 39.3. The quantitative estimate of drug-likeness (QED) is 0.166. The molecule has 0 amide bonds. The second kappa shape index (κ2) is 15.8. The molecule has 0 aliphatic carbocycles. The van der Waals surface area contributed by atoms with Crippen LogP contribution in [0.5, 0.6) is 0 Å². The fourth-order valence-corrected chi connectivity index (χ4v) is 9.41. The standard InChI is InChI=1S/C60H59N5/c1-58(2,3)41-33-42(59(4,5)6)35-46(34-41)62-40-63(55-28-18-17-27-54(55)62)47-36-43(60(7,8)9)37-48(38-47)64(44-21-11-10-12-22-44)45-30-31-52-50-24-14-13-23-49(50)51-25-15-16-26-53(51)65(56(52)39-45)57-29-19-20-32-61-57/h10-39H,40H2,1-9H3. The molecule has 0 unspecified atom stereocenters. The van der Waals surface area contributed by atoms with Crippen LogP contribution in [0.25, 0.3) is 22.3 Å². The molecule has 2 aliphatic rings. The summed E-state index contributed by atoms with van der Waals surface area (Å²) in [6.45, 7) is 21.6. The van der Waals surface area contributed by atoms with Crippen molar-refractivity contribution in [3.8, 4) is 22.3 Å². The maximum Gasteiger partial charge on any atom is 0.137 e. The first kappa shape index (κ1) is 41.9. The van der Waals surface area contributed by atoms with Crippen molar-refractivity contribution >= 4 is 57.0 Å². The van der Waals surface area contributed by atoms with Gasteiger partial charge in [0, 0.05) is 45.8 Å². The molecule has 0 saturated carbocycles. The number of nitrogens with zero attached hydrogens (tertiary/aromatic N) is 5. The fraction of sp³-hybridized carbons (Fsp3) is 0.217. The van der Waals surface area contributed by atoms with E-state index < -0.39 is 0 Å². The molecule has 0 spiro atoms. The van der Waals surface area contributed by atoms with Crippen LogP contribution in [0.3, 0.4) is 0 Å². The van der Waals surface area contributed by atoms with Gasteiger partial charge in [-0.3, -0.25) is 4.90 Å². The Morgan fingerprint density at radius 1 is 0.385 bits per heavy atom. The fourth-order valence-electron chi connectivity index (χ4n) is 9.41. The largest absolute Gasteiger partial charge is 0.321 e. The van der Waals surface area contributed by atoms with Crippen molar-refractivity contribution in [3.63, 3.8) is 0 Å². The molecule has 3 heterocycles. The molecule has 324 valence electrons. The molecule has 0 radical (unpaired) electrons. The highest BCUT2D eigenvalue weighted by Gasteiger charge is 2.33. The minimum absolute atomic E-state index is 0.00298. The molecule has 0 atom stereocenters. The molecule has 10 rings (SSSR count). The average Bonchev–Trinajstić information content (AvgIpc) is 3.64. The van der Waals surface area contributed by atoms with Crippen molar-refractivity contribution in [2.24, 2.45) is 0 Å². The summed E-state index contributed by atoms with van der Waals surface area (Å²) in [6.07, 6.45) is 1.89. The molecule has 8 aromatic rings. The summed E-state index contributed by atoms with van der Waals surface area (Å²) < 4.78 is 0. The summed E-state index contributed by atoms with van der Waals surface area (Å²) in [4.78, 5) is 14.8. The van der Waals surface area contributed by atoms with Crippen molar-refractivity contribution in [1.29, 1.82) is 0 Å². The van der Waals surface area contributed by atoms with Gasteiger partial charge in [0.15, 0.2) is 0 Å². The first-order valence-corrected chi connectivity index (χ1v) is 23.0. The molecule has 1 aromatic heterocycles. The monoisotopic (exact) mass is 849 g/mol. The molecule has 0 fully saturated rings. The van der Waals surface area contributed by atoms with Crippen LogP contribution in [-0.2, 0) is 16.2 Å². The molecule has 65 heavy (non-hydrogen) atoms. The SMILES string of the molecule is CC(C)(C)c1cc(N2CN(c3cc(C(C)(C)C)cc(C(C)(C)C)c3)c3ccccc32)cc(N(c2ccccc2)c2ccc3c(c2)N(c2ccccn2)c2ccccc2-c2ccccc2-3)c1. The Balaban J connectivity index is 1.16. The normalized spacial score (nSPS) is 13.5.